The highest BCUT2D eigenvalue weighted by Gasteiger charge is 2.39. The summed E-state index contributed by atoms with van der Waals surface area (Å²) in [4.78, 5) is 10.5. The number of nitrogens with one attached hydrogen (secondary N) is 1. The molecule has 2 fully saturated rings. The van der Waals surface area contributed by atoms with E-state index in [4.69, 9.17) is 5.26 Å². The molecule has 0 aromatic heterocycles. The fourth-order valence-corrected chi connectivity index (χ4v) is 1.89. The van der Waals surface area contributed by atoms with Crippen molar-refractivity contribution < 1.29 is 9.53 Å². The second-order valence-electron chi connectivity index (χ2n) is 4.44. The second kappa shape index (κ2) is 6.17. The summed E-state index contributed by atoms with van der Waals surface area (Å²) in [5.74, 6) is -0.119. The molecule has 3 rings (SSSR count). The van der Waals surface area contributed by atoms with Crippen LogP contribution in [0.15, 0.2) is 42.0 Å². The molecule has 0 saturated carbocycles. The lowest BCUT2D eigenvalue weighted by atomic mass is 10.2. The molecule has 19 heavy (non-hydrogen) atoms. The molecule has 2 saturated heterocycles. The minimum atomic E-state index is -0.263. The van der Waals surface area contributed by atoms with Crippen molar-refractivity contribution in [1.82, 2.24) is 5.32 Å². The first kappa shape index (κ1) is 13.3. The van der Waals surface area contributed by atoms with Crippen LogP contribution in [0.2, 0.25) is 0 Å². The molecule has 0 spiro atoms. The van der Waals surface area contributed by atoms with Crippen molar-refractivity contribution in [1.29, 1.82) is 5.26 Å². The number of cyclic esters (lactones) is 1. The SMILES string of the molecule is CC=C1CNC(C#N)C1.O=C1OC1c1ccccc1. The van der Waals surface area contributed by atoms with Gasteiger partial charge < -0.3 is 4.74 Å². The topological polar surface area (TPSA) is 65.4 Å². The highest BCUT2D eigenvalue weighted by Crippen LogP contribution is 2.30. The smallest absolute Gasteiger partial charge is 0.353 e. The lowest BCUT2D eigenvalue weighted by Gasteiger charge is -1.91. The van der Waals surface area contributed by atoms with Crippen molar-refractivity contribution in [3.63, 3.8) is 0 Å². The van der Waals surface area contributed by atoms with Crippen LogP contribution < -0.4 is 5.32 Å². The highest BCUT2D eigenvalue weighted by atomic mass is 16.6. The van der Waals surface area contributed by atoms with Crippen LogP contribution in [0.5, 0.6) is 0 Å². The average Bonchev–Trinajstić information content (AvgIpc) is 3.02. The maximum absolute atomic E-state index is 10.5. The Morgan fingerprint density at radius 3 is 2.53 bits per heavy atom. The summed E-state index contributed by atoms with van der Waals surface area (Å²) in [6.07, 6.45) is 2.72. The summed E-state index contributed by atoms with van der Waals surface area (Å²) < 4.78 is 4.66. The zero-order valence-corrected chi connectivity index (χ0v) is 10.8. The van der Waals surface area contributed by atoms with Crippen molar-refractivity contribution in [2.45, 2.75) is 25.5 Å². The predicted molar refractivity (Wildman–Crippen MR) is 71.1 cm³/mol. The zero-order valence-electron chi connectivity index (χ0n) is 10.8. The van der Waals surface area contributed by atoms with E-state index in [9.17, 15) is 4.79 Å². The fourth-order valence-electron chi connectivity index (χ4n) is 1.89. The molecule has 0 aliphatic carbocycles. The summed E-state index contributed by atoms with van der Waals surface area (Å²) in [6.45, 7) is 2.91. The Balaban J connectivity index is 0.000000141. The number of epoxide rings is 1. The van der Waals surface area contributed by atoms with E-state index in [2.05, 4.69) is 22.2 Å². The molecule has 0 bridgehead atoms. The van der Waals surface area contributed by atoms with Gasteiger partial charge in [0.05, 0.1) is 12.1 Å². The van der Waals surface area contributed by atoms with Gasteiger partial charge in [-0.3, -0.25) is 5.32 Å². The molecule has 2 aliphatic rings. The lowest BCUT2D eigenvalue weighted by Crippen LogP contribution is -2.18. The molecule has 2 aliphatic heterocycles. The van der Waals surface area contributed by atoms with Gasteiger partial charge in [-0.1, -0.05) is 42.0 Å². The summed E-state index contributed by atoms with van der Waals surface area (Å²) in [5, 5.41) is 11.5. The summed E-state index contributed by atoms with van der Waals surface area (Å²) in [6, 6.07) is 11.7. The van der Waals surface area contributed by atoms with Crippen molar-refractivity contribution in [2.75, 3.05) is 6.54 Å². The van der Waals surface area contributed by atoms with E-state index in [0.717, 1.165) is 18.5 Å². The van der Waals surface area contributed by atoms with Gasteiger partial charge in [-0.2, -0.15) is 5.26 Å². The molecule has 1 aromatic carbocycles. The number of nitrogens with zero attached hydrogens (tertiary/aromatic N) is 1. The number of nitriles is 1. The van der Waals surface area contributed by atoms with Crippen LogP contribution in [-0.4, -0.2) is 18.6 Å². The minimum Gasteiger partial charge on any atom is -0.442 e. The largest absolute Gasteiger partial charge is 0.442 e. The van der Waals surface area contributed by atoms with Crippen LogP contribution in [0.4, 0.5) is 0 Å². The van der Waals surface area contributed by atoms with Crippen molar-refractivity contribution in [3.05, 3.63) is 47.5 Å². The summed E-state index contributed by atoms with van der Waals surface area (Å²) in [7, 11) is 0. The second-order valence-corrected chi connectivity index (χ2v) is 4.44. The Hall–Kier alpha value is -2.12. The van der Waals surface area contributed by atoms with Gasteiger partial charge in [0.15, 0.2) is 0 Å². The van der Waals surface area contributed by atoms with Gasteiger partial charge in [0.25, 0.3) is 0 Å². The number of rotatable bonds is 1. The van der Waals surface area contributed by atoms with E-state index in [1.807, 2.05) is 37.3 Å². The molecule has 2 heterocycles. The van der Waals surface area contributed by atoms with Crippen LogP contribution in [-0.2, 0) is 9.53 Å². The normalized spacial score (nSPS) is 26.1. The Morgan fingerprint density at radius 2 is 2.11 bits per heavy atom. The standard InChI is InChI=1S/C8H6O2.C7H10N2/c9-8-7(10-8)6-4-2-1-3-5-6;1-2-6-3-7(4-8)9-5-6/h1-5,7H;2,7,9H,3,5H2,1H3. The first-order chi connectivity index (χ1) is 9.24. The van der Waals surface area contributed by atoms with E-state index in [-0.39, 0.29) is 18.1 Å². The molecular formula is C15H16N2O2. The molecule has 0 radical (unpaired) electrons. The quantitative estimate of drug-likeness (QED) is 0.617. The average molecular weight is 256 g/mol. The van der Waals surface area contributed by atoms with Crippen molar-refractivity contribution in [2.24, 2.45) is 0 Å². The number of allylic oxidation sites excluding steroid dienone is 1. The molecule has 2 unspecified atom stereocenters. The lowest BCUT2D eigenvalue weighted by molar-refractivity contribution is -0.117. The van der Waals surface area contributed by atoms with Gasteiger partial charge in [-0.05, 0) is 13.3 Å². The zero-order chi connectivity index (χ0) is 13.7. The number of benzene rings is 1. The Morgan fingerprint density at radius 1 is 1.42 bits per heavy atom. The number of ether oxygens (including phenoxy) is 1. The van der Waals surface area contributed by atoms with Crippen LogP contribution in [0.3, 0.4) is 0 Å². The molecule has 1 aromatic rings. The Labute approximate surface area is 112 Å². The predicted octanol–water partition coefficient (Wildman–Crippen LogP) is 2.10. The molecule has 4 heteroatoms. The minimum absolute atomic E-state index is 0.0659. The van der Waals surface area contributed by atoms with Gasteiger partial charge >= 0.3 is 5.97 Å². The van der Waals surface area contributed by atoms with Crippen LogP contribution in [0, 0.1) is 11.3 Å². The number of carbonyl (C=O) groups is 1. The van der Waals surface area contributed by atoms with Gasteiger partial charge in [-0.25, -0.2) is 4.79 Å². The molecule has 1 N–H and O–H groups in total. The van der Waals surface area contributed by atoms with E-state index in [1.165, 1.54) is 5.57 Å². The monoisotopic (exact) mass is 256 g/mol. The van der Waals surface area contributed by atoms with Gasteiger partial charge in [0, 0.05) is 12.1 Å². The molecular weight excluding hydrogens is 240 g/mol. The third kappa shape index (κ3) is 3.67. The summed E-state index contributed by atoms with van der Waals surface area (Å²) in [5.41, 5.74) is 2.30. The van der Waals surface area contributed by atoms with Crippen LogP contribution in [0.1, 0.15) is 25.0 Å². The third-order valence-corrected chi connectivity index (χ3v) is 3.10. The number of carbonyl (C=O) groups excluding carboxylic acids is 1. The third-order valence-electron chi connectivity index (χ3n) is 3.10. The number of hydrogen-bond acceptors (Lipinski definition) is 4. The highest BCUT2D eigenvalue weighted by molar-refractivity contribution is 5.88. The van der Waals surface area contributed by atoms with E-state index in [0.29, 0.717) is 0 Å². The Kier molecular flexibility index (Phi) is 4.32. The van der Waals surface area contributed by atoms with Crippen LogP contribution >= 0.6 is 0 Å². The van der Waals surface area contributed by atoms with Gasteiger partial charge in [0.2, 0.25) is 6.10 Å². The van der Waals surface area contributed by atoms with E-state index >= 15 is 0 Å². The maximum Gasteiger partial charge on any atom is 0.353 e. The Bertz CT molecular complexity index is 517. The fraction of sp³-hybridized carbons (Fsp3) is 0.333. The molecule has 0 amide bonds. The summed E-state index contributed by atoms with van der Waals surface area (Å²) >= 11 is 0. The molecule has 2 atom stereocenters. The van der Waals surface area contributed by atoms with Crippen molar-refractivity contribution >= 4 is 5.97 Å². The first-order valence-electron chi connectivity index (χ1n) is 6.27. The van der Waals surface area contributed by atoms with E-state index in [1.54, 1.807) is 0 Å². The maximum atomic E-state index is 10.5. The van der Waals surface area contributed by atoms with Gasteiger partial charge in [-0.15, -0.1) is 0 Å². The van der Waals surface area contributed by atoms with E-state index < -0.39 is 0 Å². The molecule has 98 valence electrons. The molecule has 4 nitrogen and oxygen atoms in total. The first-order valence-corrected chi connectivity index (χ1v) is 6.27. The van der Waals surface area contributed by atoms with Gasteiger partial charge in [0.1, 0.15) is 0 Å². The van der Waals surface area contributed by atoms with Crippen molar-refractivity contribution in [3.8, 4) is 6.07 Å². The number of hydrogen-bond donors (Lipinski definition) is 1. The van der Waals surface area contributed by atoms with Crippen LogP contribution in [0.25, 0.3) is 0 Å².